The summed E-state index contributed by atoms with van der Waals surface area (Å²) in [6.07, 6.45) is 6.74. The monoisotopic (exact) mass is 155 g/mol. The van der Waals surface area contributed by atoms with Gasteiger partial charge < -0.3 is 10.5 Å². The molecule has 1 aliphatic rings. The molecule has 1 rings (SSSR count). The quantitative estimate of drug-likeness (QED) is 0.626. The SMILES string of the molecule is C=CCO[C@H]1CCC[C@@H](N)C1. The Kier molecular flexibility index (Phi) is 3.60. The number of nitrogens with two attached hydrogens (primary N) is 1. The first-order valence-electron chi connectivity index (χ1n) is 4.31. The highest BCUT2D eigenvalue weighted by atomic mass is 16.5. The van der Waals surface area contributed by atoms with Crippen molar-refractivity contribution in [3.8, 4) is 0 Å². The van der Waals surface area contributed by atoms with Gasteiger partial charge in [0, 0.05) is 6.04 Å². The van der Waals surface area contributed by atoms with Crippen LogP contribution in [0, 0.1) is 0 Å². The van der Waals surface area contributed by atoms with Crippen LogP contribution in [0.3, 0.4) is 0 Å². The summed E-state index contributed by atoms with van der Waals surface area (Å²) in [7, 11) is 0. The molecular weight excluding hydrogens is 138 g/mol. The molecule has 0 saturated heterocycles. The fraction of sp³-hybridized carbons (Fsp3) is 0.778. The van der Waals surface area contributed by atoms with Crippen LogP contribution in [0.5, 0.6) is 0 Å². The van der Waals surface area contributed by atoms with Crippen LogP contribution in [0.1, 0.15) is 25.7 Å². The molecule has 0 spiro atoms. The summed E-state index contributed by atoms with van der Waals surface area (Å²) in [6.45, 7) is 4.27. The van der Waals surface area contributed by atoms with Crippen molar-refractivity contribution in [2.24, 2.45) is 5.73 Å². The molecule has 0 heterocycles. The molecule has 64 valence electrons. The second-order valence-corrected chi connectivity index (χ2v) is 3.17. The predicted octanol–water partition coefficient (Wildman–Crippen LogP) is 1.46. The van der Waals surface area contributed by atoms with E-state index < -0.39 is 0 Å². The average molecular weight is 155 g/mol. The van der Waals surface area contributed by atoms with E-state index in [1.807, 2.05) is 0 Å². The molecule has 0 amide bonds. The highest BCUT2D eigenvalue weighted by Crippen LogP contribution is 2.19. The molecule has 0 aromatic rings. The van der Waals surface area contributed by atoms with E-state index in [1.54, 1.807) is 6.08 Å². The van der Waals surface area contributed by atoms with Gasteiger partial charge >= 0.3 is 0 Å². The first kappa shape index (κ1) is 8.75. The molecule has 1 saturated carbocycles. The van der Waals surface area contributed by atoms with Crippen LogP contribution >= 0.6 is 0 Å². The van der Waals surface area contributed by atoms with Gasteiger partial charge in [-0.3, -0.25) is 0 Å². The van der Waals surface area contributed by atoms with Crippen LogP contribution in [0.2, 0.25) is 0 Å². The van der Waals surface area contributed by atoms with Crippen LogP contribution in [0.15, 0.2) is 12.7 Å². The Morgan fingerprint density at radius 1 is 1.55 bits per heavy atom. The van der Waals surface area contributed by atoms with Crippen molar-refractivity contribution >= 4 is 0 Å². The summed E-state index contributed by atoms with van der Waals surface area (Å²) < 4.78 is 5.50. The van der Waals surface area contributed by atoms with Crippen LogP contribution in [-0.4, -0.2) is 18.8 Å². The van der Waals surface area contributed by atoms with Crippen molar-refractivity contribution in [3.05, 3.63) is 12.7 Å². The van der Waals surface area contributed by atoms with Gasteiger partial charge in [-0.25, -0.2) is 0 Å². The maximum absolute atomic E-state index is 5.79. The van der Waals surface area contributed by atoms with Gasteiger partial charge in [0.05, 0.1) is 12.7 Å². The minimum atomic E-state index is 0.360. The molecule has 0 bridgehead atoms. The van der Waals surface area contributed by atoms with Gasteiger partial charge in [-0.05, 0) is 25.7 Å². The van der Waals surface area contributed by atoms with Gasteiger partial charge in [0.25, 0.3) is 0 Å². The summed E-state index contributed by atoms with van der Waals surface area (Å²) in [6, 6.07) is 0.360. The Hall–Kier alpha value is -0.340. The summed E-state index contributed by atoms with van der Waals surface area (Å²) in [4.78, 5) is 0. The van der Waals surface area contributed by atoms with E-state index in [1.165, 1.54) is 12.8 Å². The predicted molar refractivity (Wildman–Crippen MR) is 46.4 cm³/mol. The van der Waals surface area contributed by atoms with E-state index in [4.69, 9.17) is 10.5 Å². The lowest BCUT2D eigenvalue weighted by molar-refractivity contribution is 0.0411. The van der Waals surface area contributed by atoms with Crippen LogP contribution in [0.25, 0.3) is 0 Å². The molecule has 1 fully saturated rings. The molecule has 0 aromatic carbocycles. The summed E-state index contributed by atoms with van der Waals surface area (Å²) in [5, 5.41) is 0. The topological polar surface area (TPSA) is 35.2 Å². The smallest absolute Gasteiger partial charge is 0.0648 e. The Morgan fingerprint density at radius 2 is 2.36 bits per heavy atom. The number of ether oxygens (including phenoxy) is 1. The molecule has 1 aliphatic carbocycles. The lowest BCUT2D eigenvalue weighted by atomic mass is 9.94. The van der Waals surface area contributed by atoms with Gasteiger partial charge in [0.2, 0.25) is 0 Å². The zero-order valence-electron chi connectivity index (χ0n) is 6.96. The van der Waals surface area contributed by atoms with Gasteiger partial charge in [-0.2, -0.15) is 0 Å². The molecule has 0 unspecified atom stereocenters. The van der Waals surface area contributed by atoms with Crippen molar-refractivity contribution in [1.29, 1.82) is 0 Å². The summed E-state index contributed by atoms with van der Waals surface area (Å²) >= 11 is 0. The summed E-state index contributed by atoms with van der Waals surface area (Å²) in [5.41, 5.74) is 5.79. The maximum atomic E-state index is 5.79. The number of rotatable bonds is 3. The third kappa shape index (κ3) is 3.04. The zero-order chi connectivity index (χ0) is 8.10. The Labute approximate surface area is 68.4 Å². The van der Waals surface area contributed by atoms with Crippen molar-refractivity contribution in [3.63, 3.8) is 0 Å². The standard InChI is InChI=1S/C9H17NO/c1-2-6-11-9-5-3-4-8(10)7-9/h2,8-9H,1,3-7,10H2/t8-,9+/m1/s1. The molecule has 11 heavy (non-hydrogen) atoms. The van der Waals surface area contributed by atoms with Gasteiger partial charge in [-0.15, -0.1) is 6.58 Å². The third-order valence-corrected chi connectivity index (χ3v) is 2.12. The summed E-state index contributed by atoms with van der Waals surface area (Å²) in [5.74, 6) is 0. The maximum Gasteiger partial charge on any atom is 0.0648 e. The van der Waals surface area contributed by atoms with E-state index in [2.05, 4.69) is 6.58 Å². The van der Waals surface area contributed by atoms with Crippen LogP contribution in [0.4, 0.5) is 0 Å². The second kappa shape index (κ2) is 4.52. The lowest BCUT2D eigenvalue weighted by Crippen LogP contribution is -2.32. The molecule has 2 N–H and O–H groups in total. The Bertz CT molecular complexity index is 125. The first-order valence-corrected chi connectivity index (χ1v) is 4.31. The molecule has 0 aromatic heterocycles. The highest BCUT2D eigenvalue weighted by molar-refractivity contribution is 4.76. The van der Waals surface area contributed by atoms with Gasteiger partial charge in [0.1, 0.15) is 0 Å². The zero-order valence-corrected chi connectivity index (χ0v) is 6.96. The lowest BCUT2D eigenvalue weighted by Gasteiger charge is -2.26. The minimum absolute atomic E-state index is 0.360. The van der Waals surface area contributed by atoms with Gasteiger partial charge in [0.15, 0.2) is 0 Å². The van der Waals surface area contributed by atoms with E-state index in [0.717, 1.165) is 12.8 Å². The normalized spacial score (nSPS) is 31.7. The largest absolute Gasteiger partial charge is 0.374 e. The van der Waals surface area contributed by atoms with E-state index in [-0.39, 0.29) is 0 Å². The van der Waals surface area contributed by atoms with E-state index >= 15 is 0 Å². The van der Waals surface area contributed by atoms with Crippen LogP contribution in [-0.2, 0) is 4.74 Å². The Balaban J connectivity index is 2.17. The molecule has 2 atom stereocenters. The van der Waals surface area contributed by atoms with Crippen molar-refractivity contribution in [1.82, 2.24) is 0 Å². The molecular formula is C9H17NO. The van der Waals surface area contributed by atoms with Gasteiger partial charge in [-0.1, -0.05) is 6.08 Å². The van der Waals surface area contributed by atoms with E-state index in [9.17, 15) is 0 Å². The van der Waals surface area contributed by atoms with Crippen molar-refractivity contribution < 1.29 is 4.74 Å². The fourth-order valence-electron chi connectivity index (χ4n) is 1.54. The van der Waals surface area contributed by atoms with Crippen LogP contribution < -0.4 is 5.73 Å². The highest BCUT2D eigenvalue weighted by Gasteiger charge is 2.18. The Morgan fingerprint density at radius 3 is 3.00 bits per heavy atom. The number of hydrogen-bond acceptors (Lipinski definition) is 2. The molecule has 0 aliphatic heterocycles. The van der Waals surface area contributed by atoms with Crippen molar-refractivity contribution in [2.45, 2.75) is 37.8 Å². The fourth-order valence-corrected chi connectivity index (χ4v) is 1.54. The number of hydrogen-bond donors (Lipinski definition) is 1. The third-order valence-electron chi connectivity index (χ3n) is 2.12. The van der Waals surface area contributed by atoms with E-state index in [0.29, 0.717) is 18.8 Å². The molecule has 2 nitrogen and oxygen atoms in total. The first-order chi connectivity index (χ1) is 5.33. The minimum Gasteiger partial charge on any atom is -0.374 e. The molecule has 2 heteroatoms. The second-order valence-electron chi connectivity index (χ2n) is 3.17. The average Bonchev–Trinajstić information content (AvgIpc) is 2.01. The van der Waals surface area contributed by atoms with Crippen molar-refractivity contribution in [2.75, 3.05) is 6.61 Å². The molecule has 0 radical (unpaired) electrons.